The molecule has 29 heavy (non-hydrogen) atoms. The van der Waals surface area contributed by atoms with Crippen LogP contribution in [-0.2, 0) is 6.42 Å². The number of urea groups is 1. The zero-order valence-corrected chi connectivity index (χ0v) is 16.5. The van der Waals surface area contributed by atoms with Crippen molar-refractivity contribution in [1.82, 2.24) is 9.88 Å². The predicted octanol–water partition coefficient (Wildman–Crippen LogP) is 4.32. The number of nitrogens with one attached hydrogen (secondary N) is 1. The van der Waals surface area contributed by atoms with Crippen molar-refractivity contribution >= 4 is 17.4 Å². The second-order valence-electron chi connectivity index (χ2n) is 7.73. The summed E-state index contributed by atoms with van der Waals surface area (Å²) in [6, 6.07) is 14.7. The topological polar surface area (TPSA) is 61.6 Å². The largest absolute Gasteiger partial charge is 0.445 e. The molecule has 0 spiro atoms. The molecule has 0 aliphatic carbocycles. The fourth-order valence-corrected chi connectivity index (χ4v) is 4.51. The van der Waals surface area contributed by atoms with Gasteiger partial charge in [0.15, 0.2) is 0 Å². The Kier molecular flexibility index (Phi) is 4.46. The SMILES string of the molecule is Cc1c(NC(=O)N2CCCN3c4ccccc4CC3C2)cccc1-c1ncco1. The molecule has 1 aromatic heterocycles. The van der Waals surface area contributed by atoms with Gasteiger partial charge in [-0.15, -0.1) is 0 Å². The highest BCUT2D eigenvalue weighted by atomic mass is 16.3. The lowest BCUT2D eigenvalue weighted by Gasteiger charge is -2.27. The van der Waals surface area contributed by atoms with E-state index in [4.69, 9.17) is 4.42 Å². The maximum Gasteiger partial charge on any atom is 0.321 e. The standard InChI is InChI=1S/C23H24N4O2/c1-16-19(22-24-10-13-29-22)7-4-8-20(16)25-23(28)26-11-5-12-27-18(15-26)14-17-6-2-3-9-21(17)27/h2-4,6-10,13,18H,5,11-12,14-15H2,1H3,(H,25,28). The number of oxazole rings is 1. The molecule has 6 heteroatoms. The van der Waals surface area contributed by atoms with Gasteiger partial charge in [0.2, 0.25) is 5.89 Å². The summed E-state index contributed by atoms with van der Waals surface area (Å²) in [7, 11) is 0. The smallest absolute Gasteiger partial charge is 0.321 e. The molecule has 6 nitrogen and oxygen atoms in total. The molecule has 3 aromatic rings. The Hall–Kier alpha value is -3.28. The quantitative estimate of drug-likeness (QED) is 0.710. The van der Waals surface area contributed by atoms with Gasteiger partial charge in [-0.3, -0.25) is 0 Å². The summed E-state index contributed by atoms with van der Waals surface area (Å²) < 4.78 is 5.43. The summed E-state index contributed by atoms with van der Waals surface area (Å²) >= 11 is 0. The molecule has 1 fully saturated rings. The van der Waals surface area contributed by atoms with Gasteiger partial charge >= 0.3 is 6.03 Å². The van der Waals surface area contributed by atoms with Crippen LogP contribution in [0.25, 0.3) is 11.5 Å². The molecule has 2 aromatic carbocycles. The zero-order chi connectivity index (χ0) is 19.8. The Bertz CT molecular complexity index is 1030. The lowest BCUT2D eigenvalue weighted by molar-refractivity contribution is 0.211. The molecule has 0 saturated carbocycles. The fraction of sp³-hybridized carbons (Fsp3) is 0.304. The van der Waals surface area contributed by atoms with E-state index in [2.05, 4.69) is 39.5 Å². The molecular weight excluding hydrogens is 364 g/mol. The van der Waals surface area contributed by atoms with Gasteiger partial charge in [-0.25, -0.2) is 9.78 Å². The Morgan fingerprint density at radius 2 is 2.07 bits per heavy atom. The number of benzene rings is 2. The van der Waals surface area contributed by atoms with E-state index in [1.807, 2.05) is 30.0 Å². The number of amides is 2. The third-order valence-corrected chi connectivity index (χ3v) is 5.98. The van der Waals surface area contributed by atoms with Gasteiger partial charge < -0.3 is 19.5 Å². The van der Waals surface area contributed by atoms with Crippen molar-refractivity contribution in [2.24, 2.45) is 0 Å². The van der Waals surface area contributed by atoms with Crippen LogP contribution in [0.15, 0.2) is 59.3 Å². The molecule has 2 aliphatic rings. The molecule has 3 heterocycles. The number of para-hydroxylation sites is 1. The summed E-state index contributed by atoms with van der Waals surface area (Å²) in [5, 5.41) is 3.11. The van der Waals surface area contributed by atoms with Gasteiger partial charge in [-0.1, -0.05) is 24.3 Å². The molecule has 2 amide bonds. The molecule has 0 bridgehead atoms. The van der Waals surface area contributed by atoms with Gasteiger partial charge in [0.05, 0.1) is 12.2 Å². The van der Waals surface area contributed by atoms with Crippen LogP contribution in [-0.4, -0.2) is 41.6 Å². The minimum Gasteiger partial charge on any atom is -0.445 e. The van der Waals surface area contributed by atoms with Crippen molar-refractivity contribution < 1.29 is 9.21 Å². The Balaban J connectivity index is 1.33. The average Bonchev–Trinajstić information content (AvgIpc) is 3.32. The van der Waals surface area contributed by atoms with Crippen LogP contribution >= 0.6 is 0 Å². The average molecular weight is 388 g/mol. The van der Waals surface area contributed by atoms with E-state index in [9.17, 15) is 4.79 Å². The normalized spacial score (nSPS) is 18.2. The van der Waals surface area contributed by atoms with Crippen molar-refractivity contribution in [2.75, 3.05) is 29.9 Å². The lowest BCUT2D eigenvalue weighted by Crippen LogP contribution is -2.43. The first-order chi connectivity index (χ1) is 14.2. The van der Waals surface area contributed by atoms with Crippen LogP contribution in [0.3, 0.4) is 0 Å². The number of fused-ring (bicyclic) bond motifs is 3. The van der Waals surface area contributed by atoms with Gasteiger partial charge in [-0.2, -0.15) is 0 Å². The van der Waals surface area contributed by atoms with Crippen LogP contribution in [0.5, 0.6) is 0 Å². The first-order valence-electron chi connectivity index (χ1n) is 10.1. The Morgan fingerprint density at radius 3 is 2.93 bits per heavy atom. The van der Waals surface area contributed by atoms with Crippen molar-refractivity contribution in [2.45, 2.75) is 25.8 Å². The highest BCUT2D eigenvalue weighted by Crippen LogP contribution is 2.34. The summed E-state index contributed by atoms with van der Waals surface area (Å²) in [5.74, 6) is 0.563. The van der Waals surface area contributed by atoms with Crippen LogP contribution < -0.4 is 10.2 Å². The van der Waals surface area contributed by atoms with Crippen LogP contribution in [0.2, 0.25) is 0 Å². The number of hydrogen-bond donors (Lipinski definition) is 1. The number of aromatic nitrogens is 1. The van der Waals surface area contributed by atoms with E-state index in [1.54, 1.807) is 12.5 Å². The van der Waals surface area contributed by atoms with Crippen molar-refractivity contribution in [3.05, 3.63) is 66.1 Å². The minimum absolute atomic E-state index is 0.0459. The molecule has 1 unspecified atom stereocenters. The van der Waals surface area contributed by atoms with Gasteiger partial charge in [0, 0.05) is 36.6 Å². The van der Waals surface area contributed by atoms with Crippen molar-refractivity contribution in [3.8, 4) is 11.5 Å². The third-order valence-electron chi connectivity index (χ3n) is 5.98. The van der Waals surface area contributed by atoms with E-state index in [1.165, 1.54) is 11.3 Å². The molecular formula is C23H24N4O2. The van der Waals surface area contributed by atoms with Crippen LogP contribution in [0, 0.1) is 6.92 Å². The minimum atomic E-state index is -0.0459. The summed E-state index contributed by atoms with van der Waals surface area (Å²) in [4.78, 5) is 21.7. The third kappa shape index (κ3) is 3.24. The number of carbonyl (C=O) groups is 1. The monoisotopic (exact) mass is 388 g/mol. The first-order valence-corrected chi connectivity index (χ1v) is 10.1. The van der Waals surface area contributed by atoms with Crippen LogP contribution in [0.4, 0.5) is 16.2 Å². The highest BCUT2D eigenvalue weighted by molar-refractivity contribution is 5.91. The second-order valence-corrected chi connectivity index (χ2v) is 7.73. The number of carbonyl (C=O) groups excluding carboxylic acids is 1. The van der Waals surface area contributed by atoms with Crippen molar-refractivity contribution in [3.63, 3.8) is 0 Å². The lowest BCUT2D eigenvalue weighted by atomic mass is 10.1. The first kappa shape index (κ1) is 17.8. The van der Waals surface area contributed by atoms with Gasteiger partial charge in [0.1, 0.15) is 6.26 Å². The van der Waals surface area contributed by atoms with Gasteiger partial charge in [-0.05, 0) is 49.1 Å². The zero-order valence-electron chi connectivity index (χ0n) is 16.5. The van der Waals surface area contributed by atoms with Crippen LogP contribution in [0.1, 0.15) is 17.5 Å². The summed E-state index contributed by atoms with van der Waals surface area (Å²) in [6.07, 6.45) is 5.15. The molecule has 148 valence electrons. The fourth-order valence-electron chi connectivity index (χ4n) is 4.51. The Morgan fingerprint density at radius 1 is 1.17 bits per heavy atom. The van der Waals surface area contributed by atoms with E-state index in [0.717, 1.165) is 49.3 Å². The molecule has 0 radical (unpaired) electrons. The number of hydrogen-bond acceptors (Lipinski definition) is 4. The second kappa shape index (κ2) is 7.28. The highest BCUT2D eigenvalue weighted by Gasteiger charge is 2.33. The van der Waals surface area contributed by atoms with E-state index in [0.29, 0.717) is 11.9 Å². The molecule has 2 aliphatic heterocycles. The number of nitrogens with zero attached hydrogens (tertiary/aromatic N) is 3. The molecule has 1 atom stereocenters. The molecule has 5 rings (SSSR count). The Labute approximate surface area is 170 Å². The summed E-state index contributed by atoms with van der Waals surface area (Å²) in [5.41, 5.74) is 5.35. The summed E-state index contributed by atoms with van der Waals surface area (Å²) in [6.45, 7) is 4.47. The van der Waals surface area contributed by atoms with E-state index in [-0.39, 0.29) is 6.03 Å². The maximum absolute atomic E-state index is 13.1. The number of rotatable bonds is 2. The maximum atomic E-state index is 13.1. The van der Waals surface area contributed by atoms with E-state index < -0.39 is 0 Å². The van der Waals surface area contributed by atoms with Crippen molar-refractivity contribution in [1.29, 1.82) is 0 Å². The van der Waals surface area contributed by atoms with Gasteiger partial charge in [0.25, 0.3) is 0 Å². The van der Waals surface area contributed by atoms with E-state index >= 15 is 0 Å². The number of anilines is 2. The predicted molar refractivity (Wildman–Crippen MR) is 113 cm³/mol. The molecule has 1 N–H and O–H groups in total. The molecule has 1 saturated heterocycles.